The van der Waals surface area contributed by atoms with Crippen molar-refractivity contribution in [2.75, 3.05) is 20.2 Å². The maximum Gasteiger partial charge on any atom is 0.121 e. The highest BCUT2D eigenvalue weighted by atomic mass is 16.5. The van der Waals surface area contributed by atoms with Gasteiger partial charge in [-0.25, -0.2) is 0 Å². The summed E-state index contributed by atoms with van der Waals surface area (Å²) < 4.78 is 5.30. The standard InChI is InChI=1S/C15H23NO2/c1-10-7-12(5-6-14(10)18-4)13-8-16-9-15(13,3)11(2)17/h5-7,11,13,16-17H,8-9H2,1-4H3/t11-,13+,15+/m1/s1. The third-order valence-corrected chi connectivity index (χ3v) is 4.43. The van der Waals surface area contributed by atoms with Gasteiger partial charge in [-0.2, -0.15) is 0 Å². The summed E-state index contributed by atoms with van der Waals surface area (Å²) in [6, 6.07) is 6.31. The van der Waals surface area contributed by atoms with E-state index in [9.17, 15) is 5.11 Å². The van der Waals surface area contributed by atoms with Crippen LogP contribution in [0.5, 0.6) is 5.75 Å². The molecule has 0 amide bonds. The number of hydrogen-bond donors (Lipinski definition) is 2. The average molecular weight is 249 g/mol. The summed E-state index contributed by atoms with van der Waals surface area (Å²) in [4.78, 5) is 0. The van der Waals surface area contributed by atoms with Gasteiger partial charge in [-0.05, 0) is 31.0 Å². The Bertz CT molecular complexity index is 431. The van der Waals surface area contributed by atoms with Crippen molar-refractivity contribution in [3.05, 3.63) is 29.3 Å². The van der Waals surface area contributed by atoms with Crippen molar-refractivity contribution in [1.82, 2.24) is 5.32 Å². The van der Waals surface area contributed by atoms with E-state index in [4.69, 9.17) is 4.74 Å². The van der Waals surface area contributed by atoms with Crippen LogP contribution in [0.25, 0.3) is 0 Å². The lowest BCUT2D eigenvalue weighted by molar-refractivity contribution is 0.0549. The summed E-state index contributed by atoms with van der Waals surface area (Å²) in [6.45, 7) is 7.89. The molecule has 1 aromatic carbocycles. The molecule has 1 aromatic rings. The van der Waals surface area contributed by atoms with E-state index in [2.05, 4.69) is 31.3 Å². The maximum absolute atomic E-state index is 10.0. The number of methoxy groups -OCH3 is 1. The Morgan fingerprint density at radius 2 is 2.22 bits per heavy atom. The van der Waals surface area contributed by atoms with Crippen LogP contribution in [0.15, 0.2) is 18.2 Å². The van der Waals surface area contributed by atoms with Crippen LogP contribution in [0.1, 0.15) is 30.9 Å². The molecule has 2 rings (SSSR count). The monoisotopic (exact) mass is 249 g/mol. The van der Waals surface area contributed by atoms with E-state index in [1.54, 1.807) is 7.11 Å². The highest BCUT2D eigenvalue weighted by Gasteiger charge is 2.43. The van der Waals surface area contributed by atoms with Gasteiger partial charge in [-0.15, -0.1) is 0 Å². The molecule has 2 N–H and O–H groups in total. The molecule has 0 aromatic heterocycles. The van der Waals surface area contributed by atoms with E-state index in [1.165, 1.54) is 5.56 Å². The lowest BCUT2D eigenvalue weighted by Gasteiger charge is -2.34. The molecule has 0 spiro atoms. The molecule has 0 saturated carbocycles. The number of ether oxygens (including phenoxy) is 1. The molecule has 100 valence electrons. The molecule has 18 heavy (non-hydrogen) atoms. The van der Waals surface area contributed by atoms with Crippen LogP contribution < -0.4 is 10.1 Å². The van der Waals surface area contributed by atoms with Crippen LogP contribution in [-0.2, 0) is 0 Å². The Hall–Kier alpha value is -1.06. The van der Waals surface area contributed by atoms with Crippen molar-refractivity contribution in [3.63, 3.8) is 0 Å². The van der Waals surface area contributed by atoms with Gasteiger partial charge in [-0.3, -0.25) is 0 Å². The molecular weight excluding hydrogens is 226 g/mol. The van der Waals surface area contributed by atoms with Crippen LogP contribution in [0, 0.1) is 12.3 Å². The van der Waals surface area contributed by atoms with Gasteiger partial charge in [0.1, 0.15) is 5.75 Å². The van der Waals surface area contributed by atoms with Crippen molar-refractivity contribution >= 4 is 0 Å². The van der Waals surface area contributed by atoms with Gasteiger partial charge in [0.15, 0.2) is 0 Å². The summed E-state index contributed by atoms with van der Waals surface area (Å²) in [5, 5.41) is 13.4. The SMILES string of the molecule is COc1ccc([C@@H]2CNC[C@@]2(C)[C@@H](C)O)cc1C. The molecule has 3 heteroatoms. The molecule has 1 aliphatic heterocycles. The number of benzene rings is 1. The third kappa shape index (κ3) is 2.13. The minimum Gasteiger partial charge on any atom is -0.496 e. The highest BCUT2D eigenvalue weighted by Crippen LogP contribution is 2.42. The number of hydrogen-bond acceptors (Lipinski definition) is 3. The number of nitrogens with one attached hydrogen (secondary N) is 1. The van der Waals surface area contributed by atoms with Crippen molar-refractivity contribution in [3.8, 4) is 5.75 Å². The average Bonchev–Trinajstić information content (AvgIpc) is 2.72. The molecular formula is C15H23NO2. The Labute approximate surface area is 109 Å². The largest absolute Gasteiger partial charge is 0.496 e. The fourth-order valence-corrected chi connectivity index (χ4v) is 2.90. The van der Waals surface area contributed by atoms with Crippen LogP contribution in [0.2, 0.25) is 0 Å². The Morgan fingerprint density at radius 1 is 1.50 bits per heavy atom. The lowest BCUT2D eigenvalue weighted by Crippen LogP contribution is -2.36. The first-order chi connectivity index (χ1) is 8.49. The van der Waals surface area contributed by atoms with E-state index in [-0.39, 0.29) is 11.5 Å². The summed E-state index contributed by atoms with van der Waals surface area (Å²) in [5.74, 6) is 1.27. The first-order valence-corrected chi connectivity index (χ1v) is 6.52. The van der Waals surface area contributed by atoms with Gasteiger partial charge < -0.3 is 15.2 Å². The van der Waals surface area contributed by atoms with E-state index >= 15 is 0 Å². The summed E-state index contributed by atoms with van der Waals surface area (Å²) >= 11 is 0. The lowest BCUT2D eigenvalue weighted by atomic mass is 9.72. The molecule has 1 heterocycles. The molecule has 0 unspecified atom stereocenters. The second-order valence-electron chi connectivity index (χ2n) is 5.59. The molecule has 3 atom stereocenters. The van der Waals surface area contributed by atoms with E-state index in [0.717, 1.165) is 24.4 Å². The molecule has 1 saturated heterocycles. The molecule has 0 aliphatic carbocycles. The summed E-state index contributed by atoms with van der Waals surface area (Å²) in [7, 11) is 1.69. The molecule has 3 nitrogen and oxygen atoms in total. The zero-order chi connectivity index (χ0) is 13.3. The van der Waals surface area contributed by atoms with Gasteiger partial charge in [0, 0.05) is 24.4 Å². The molecule has 0 bridgehead atoms. The minimum atomic E-state index is -0.320. The first-order valence-electron chi connectivity index (χ1n) is 6.52. The van der Waals surface area contributed by atoms with E-state index in [0.29, 0.717) is 5.92 Å². The smallest absolute Gasteiger partial charge is 0.121 e. The van der Waals surface area contributed by atoms with Crippen molar-refractivity contribution in [2.45, 2.75) is 32.8 Å². The van der Waals surface area contributed by atoms with Gasteiger partial charge in [0.05, 0.1) is 13.2 Å². The fraction of sp³-hybridized carbons (Fsp3) is 0.600. The predicted octanol–water partition coefficient (Wildman–Crippen LogP) is 2.08. The Morgan fingerprint density at radius 3 is 2.78 bits per heavy atom. The Kier molecular flexibility index (Phi) is 3.64. The van der Waals surface area contributed by atoms with E-state index < -0.39 is 0 Å². The summed E-state index contributed by atoms with van der Waals surface area (Å²) in [5.41, 5.74) is 2.33. The predicted molar refractivity (Wildman–Crippen MR) is 73.1 cm³/mol. The minimum absolute atomic E-state index is 0.0962. The second-order valence-corrected chi connectivity index (χ2v) is 5.59. The zero-order valence-corrected chi connectivity index (χ0v) is 11.7. The number of aryl methyl sites for hydroxylation is 1. The van der Waals surface area contributed by atoms with Gasteiger partial charge in [0.2, 0.25) is 0 Å². The zero-order valence-electron chi connectivity index (χ0n) is 11.7. The van der Waals surface area contributed by atoms with Crippen LogP contribution in [-0.4, -0.2) is 31.4 Å². The first kappa shape index (κ1) is 13.4. The van der Waals surface area contributed by atoms with Gasteiger partial charge in [0.25, 0.3) is 0 Å². The summed E-state index contributed by atoms with van der Waals surface area (Å²) in [6.07, 6.45) is -0.320. The Balaban J connectivity index is 2.34. The van der Waals surface area contributed by atoms with Crippen molar-refractivity contribution < 1.29 is 9.84 Å². The fourth-order valence-electron chi connectivity index (χ4n) is 2.90. The number of aliphatic hydroxyl groups is 1. The number of aliphatic hydroxyl groups excluding tert-OH is 1. The topological polar surface area (TPSA) is 41.5 Å². The van der Waals surface area contributed by atoms with Gasteiger partial charge >= 0.3 is 0 Å². The molecule has 0 radical (unpaired) electrons. The van der Waals surface area contributed by atoms with Crippen molar-refractivity contribution in [1.29, 1.82) is 0 Å². The van der Waals surface area contributed by atoms with Gasteiger partial charge in [-0.1, -0.05) is 19.1 Å². The molecule has 1 fully saturated rings. The van der Waals surface area contributed by atoms with Crippen LogP contribution in [0.4, 0.5) is 0 Å². The second kappa shape index (κ2) is 4.90. The van der Waals surface area contributed by atoms with Crippen LogP contribution in [0.3, 0.4) is 0 Å². The highest BCUT2D eigenvalue weighted by molar-refractivity contribution is 5.39. The van der Waals surface area contributed by atoms with Crippen molar-refractivity contribution in [2.24, 2.45) is 5.41 Å². The quantitative estimate of drug-likeness (QED) is 0.861. The maximum atomic E-state index is 10.0. The normalized spacial score (nSPS) is 29.3. The van der Waals surface area contributed by atoms with Crippen LogP contribution >= 0.6 is 0 Å². The van der Waals surface area contributed by atoms with E-state index in [1.807, 2.05) is 13.0 Å². The third-order valence-electron chi connectivity index (χ3n) is 4.43. The molecule has 1 aliphatic rings. The number of rotatable bonds is 3.